The molecule has 1 aliphatic rings. The average Bonchev–Trinajstić information content (AvgIpc) is 3.31. The van der Waals surface area contributed by atoms with Gasteiger partial charge in [-0.3, -0.25) is 4.79 Å². The van der Waals surface area contributed by atoms with Gasteiger partial charge < -0.3 is 16.2 Å². The molecule has 0 bridgehead atoms. The van der Waals surface area contributed by atoms with Crippen LogP contribution in [0.1, 0.15) is 56.8 Å². The number of tetrazole rings is 1. The van der Waals surface area contributed by atoms with Gasteiger partial charge in [0.1, 0.15) is 5.82 Å². The number of carboxylic acid groups (broad SMARTS) is 1. The quantitative estimate of drug-likeness (QED) is 0.511. The fourth-order valence-corrected chi connectivity index (χ4v) is 3.94. The molecule has 0 saturated heterocycles. The van der Waals surface area contributed by atoms with E-state index in [0.717, 1.165) is 30.6 Å². The second kappa shape index (κ2) is 9.09. The molecular formula is C19H29N7O2. The number of anilines is 1. The first-order chi connectivity index (χ1) is 13.4. The van der Waals surface area contributed by atoms with E-state index in [0.29, 0.717) is 24.7 Å². The van der Waals surface area contributed by atoms with Gasteiger partial charge in [-0.1, -0.05) is 19.9 Å². The van der Waals surface area contributed by atoms with Crippen LogP contribution >= 0.6 is 0 Å². The standard InChI is InChI=1S/C19H29N7O2/c1-11(2)7-16(19(27)28)15(18-23-25-26-24-18)8-12-3-6-17(21-10-12)22-14-5-4-13(20)9-14/h3,6,10-11,13-16H,4-5,7-9,20H2,1-2H3,(H,21,22)(H,27,28)(H,23,24,25,26)/t13-,14-,15-,16-/m0/s1. The summed E-state index contributed by atoms with van der Waals surface area (Å²) in [5.41, 5.74) is 6.91. The van der Waals surface area contributed by atoms with Crippen LogP contribution < -0.4 is 11.1 Å². The van der Waals surface area contributed by atoms with Crippen LogP contribution in [0.3, 0.4) is 0 Å². The second-order valence-corrected chi connectivity index (χ2v) is 8.14. The Morgan fingerprint density at radius 1 is 1.39 bits per heavy atom. The highest BCUT2D eigenvalue weighted by atomic mass is 16.4. The van der Waals surface area contributed by atoms with Crippen LogP contribution in [0.25, 0.3) is 0 Å². The maximum absolute atomic E-state index is 11.9. The Morgan fingerprint density at radius 3 is 2.75 bits per heavy atom. The van der Waals surface area contributed by atoms with E-state index in [2.05, 4.69) is 30.9 Å². The summed E-state index contributed by atoms with van der Waals surface area (Å²) >= 11 is 0. The van der Waals surface area contributed by atoms with Gasteiger partial charge in [0.15, 0.2) is 5.82 Å². The number of aromatic nitrogens is 5. The van der Waals surface area contributed by atoms with Crippen molar-refractivity contribution >= 4 is 11.8 Å². The zero-order valence-corrected chi connectivity index (χ0v) is 16.4. The van der Waals surface area contributed by atoms with Crippen molar-refractivity contribution in [2.24, 2.45) is 17.6 Å². The largest absolute Gasteiger partial charge is 0.481 e. The number of nitrogens with two attached hydrogens (primary N) is 1. The van der Waals surface area contributed by atoms with Gasteiger partial charge >= 0.3 is 5.97 Å². The van der Waals surface area contributed by atoms with Gasteiger partial charge in [0.05, 0.1) is 5.92 Å². The summed E-state index contributed by atoms with van der Waals surface area (Å²) < 4.78 is 0. The lowest BCUT2D eigenvalue weighted by atomic mass is 9.81. The van der Waals surface area contributed by atoms with Gasteiger partial charge in [-0.25, -0.2) is 10.1 Å². The lowest BCUT2D eigenvalue weighted by Gasteiger charge is -2.23. The van der Waals surface area contributed by atoms with E-state index in [1.807, 2.05) is 26.0 Å². The molecule has 0 aromatic carbocycles. The van der Waals surface area contributed by atoms with Crippen LogP contribution in [0.4, 0.5) is 5.82 Å². The molecule has 0 aliphatic heterocycles. The van der Waals surface area contributed by atoms with Gasteiger partial charge in [-0.2, -0.15) is 0 Å². The van der Waals surface area contributed by atoms with Crippen molar-refractivity contribution in [2.45, 2.75) is 64.0 Å². The van der Waals surface area contributed by atoms with Crippen LogP contribution in [0.2, 0.25) is 0 Å². The number of hydrogen-bond donors (Lipinski definition) is 4. The lowest BCUT2D eigenvalue weighted by Crippen LogP contribution is -2.26. The number of carboxylic acids is 1. The third-order valence-electron chi connectivity index (χ3n) is 5.35. The van der Waals surface area contributed by atoms with Crippen molar-refractivity contribution in [3.63, 3.8) is 0 Å². The summed E-state index contributed by atoms with van der Waals surface area (Å²) in [5, 5.41) is 27.2. The average molecular weight is 387 g/mol. The second-order valence-electron chi connectivity index (χ2n) is 8.14. The van der Waals surface area contributed by atoms with Crippen LogP contribution in [0.5, 0.6) is 0 Å². The highest BCUT2D eigenvalue weighted by Gasteiger charge is 2.32. The number of hydrogen-bond acceptors (Lipinski definition) is 7. The summed E-state index contributed by atoms with van der Waals surface area (Å²) in [6.45, 7) is 4.03. The topological polar surface area (TPSA) is 143 Å². The summed E-state index contributed by atoms with van der Waals surface area (Å²) in [5.74, 6) is -0.190. The van der Waals surface area contributed by atoms with Crippen molar-refractivity contribution in [1.82, 2.24) is 25.6 Å². The predicted molar refractivity (Wildman–Crippen MR) is 105 cm³/mol. The molecular weight excluding hydrogens is 358 g/mol. The van der Waals surface area contributed by atoms with Crippen molar-refractivity contribution < 1.29 is 9.90 Å². The summed E-state index contributed by atoms with van der Waals surface area (Å²) in [7, 11) is 0. The summed E-state index contributed by atoms with van der Waals surface area (Å²) in [6.07, 6.45) is 5.90. The van der Waals surface area contributed by atoms with Crippen LogP contribution in [0, 0.1) is 11.8 Å². The molecule has 0 spiro atoms. The smallest absolute Gasteiger partial charge is 0.307 e. The van der Waals surface area contributed by atoms with Crippen molar-refractivity contribution in [3.05, 3.63) is 29.7 Å². The molecule has 1 aliphatic carbocycles. The molecule has 1 saturated carbocycles. The van der Waals surface area contributed by atoms with Crippen LogP contribution in [-0.4, -0.2) is 48.8 Å². The molecule has 0 radical (unpaired) electrons. The Bertz CT molecular complexity index is 748. The van der Waals surface area contributed by atoms with Crippen LogP contribution in [-0.2, 0) is 11.2 Å². The summed E-state index contributed by atoms with van der Waals surface area (Å²) in [4.78, 5) is 16.4. The molecule has 9 heteroatoms. The molecule has 2 aromatic heterocycles. The summed E-state index contributed by atoms with van der Waals surface area (Å²) in [6, 6.07) is 4.55. The molecule has 0 unspecified atom stereocenters. The Kier molecular flexibility index (Phi) is 6.56. The molecule has 0 amide bonds. The SMILES string of the molecule is CC(C)C[C@H](C(=O)O)[C@H](Cc1ccc(N[C@H]2CC[C@H](N)C2)nc1)c1nnn[nH]1. The first-order valence-electron chi connectivity index (χ1n) is 9.85. The highest BCUT2D eigenvalue weighted by molar-refractivity contribution is 5.71. The Hall–Kier alpha value is -2.55. The molecule has 9 nitrogen and oxygen atoms in total. The van der Waals surface area contributed by atoms with Gasteiger partial charge in [0.2, 0.25) is 0 Å². The number of pyridine rings is 1. The van der Waals surface area contributed by atoms with E-state index in [9.17, 15) is 9.90 Å². The normalized spacial score (nSPS) is 21.6. The van der Waals surface area contributed by atoms with E-state index in [-0.39, 0.29) is 17.9 Å². The number of nitrogens with one attached hydrogen (secondary N) is 2. The number of nitrogens with zero attached hydrogens (tertiary/aromatic N) is 4. The number of aliphatic carboxylic acids is 1. The minimum atomic E-state index is -0.834. The zero-order valence-electron chi connectivity index (χ0n) is 16.4. The minimum Gasteiger partial charge on any atom is -0.481 e. The first-order valence-corrected chi connectivity index (χ1v) is 9.85. The Labute approximate surface area is 164 Å². The Balaban J connectivity index is 1.72. The molecule has 152 valence electrons. The molecule has 3 rings (SSSR count). The van der Waals surface area contributed by atoms with Crippen molar-refractivity contribution in [1.29, 1.82) is 0 Å². The number of carbonyl (C=O) groups is 1. The third-order valence-corrected chi connectivity index (χ3v) is 5.35. The van der Waals surface area contributed by atoms with E-state index in [1.54, 1.807) is 6.20 Å². The van der Waals surface area contributed by atoms with E-state index in [4.69, 9.17) is 5.73 Å². The van der Waals surface area contributed by atoms with E-state index in [1.165, 1.54) is 0 Å². The first kappa shape index (κ1) is 20.2. The monoisotopic (exact) mass is 387 g/mol. The van der Waals surface area contributed by atoms with Gasteiger partial charge in [-0.15, -0.1) is 5.10 Å². The highest BCUT2D eigenvalue weighted by Crippen LogP contribution is 2.31. The van der Waals surface area contributed by atoms with E-state index < -0.39 is 11.9 Å². The molecule has 5 N–H and O–H groups in total. The van der Waals surface area contributed by atoms with E-state index >= 15 is 0 Å². The number of aromatic amines is 1. The Morgan fingerprint density at radius 2 is 2.21 bits per heavy atom. The fraction of sp³-hybridized carbons (Fsp3) is 0.632. The molecule has 4 atom stereocenters. The minimum absolute atomic E-state index is 0.252. The van der Waals surface area contributed by atoms with Gasteiger partial charge in [0.25, 0.3) is 0 Å². The van der Waals surface area contributed by atoms with Gasteiger partial charge in [-0.05, 0) is 60.1 Å². The number of H-pyrrole nitrogens is 1. The molecule has 2 heterocycles. The molecule has 2 aromatic rings. The molecule has 1 fully saturated rings. The number of rotatable bonds is 9. The maximum atomic E-state index is 11.9. The lowest BCUT2D eigenvalue weighted by molar-refractivity contribution is -0.143. The van der Waals surface area contributed by atoms with Crippen molar-refractivity contribution in [2.75, 3.05) is 5.32 Å². The zero-order chi connectivity index (χ0) is 20.1. The van der Waals surface area contributed by atoms with Gasteiger partial charge in [0, 0.05) is 24.2 Å². The fourth-order valence-electron chi connectivity index (χ4n) is 3.94. The predicted octanol–water partition coefficient (Wildman–Crippen LogP) is 1.96. The van der Waals surface area contributed by atoms with Crippen LogP contribution in [0.15, 0.2) is 18.3 Å². The molecule has 28 heavy (non-hydrogen) atoms. The van der Waals surface area contributed by atoms with Crippen molar-refractivity contribution in [3.8, 4) is 0 Å². The maximum Gasteiger partial charge on any atom is 0.307 e. The third kappa shape index (κ3) is 5.25.